The molecule has 2 saturated heterocycles. The quantitative estimate of drug-likeness (QED) is 0.791. The molecule has 118 valence electrons. The smallest absolute Gasteiger partial charge is 0.381 e. The fourth-order valence-electron chi connectivity index (χ4n) is 3.10. The lowest BCUT2D eigenvalue weighted by atomic mass is 9.94. The van der Waals surface area contributed by atoms with Gasteiger partial charge in [-0.3, -0.25) is 0 Å². The number of hydrogen-bond donors (Lipinski definition) is 1. The Balaban J connectivity index is 1.61. The van der Waals surface area contributed by atoms with Crippen molar-refractivity contribution in [2.75, 3.05) is 32.8 Å². The van der Waals surface area contributed by atoms with Crippen LogP contribution in [-0.4, -0.2) is 54.6 Å². The number of likely N-dealkylation sites (tertiary alicyclic amines) is 1. The van der Waals surface area contributed by atoms with Gasteiger partial charge in [0.05, 0.1) is 0 Å². The van der Waals surface area contributed by atoms with Gasteiger partial charge in [-0.15, -0.1) is 0 Å². The Hall–Kier alpha value is -0.330. The lowest BCUT2D eigenvalue weighted by molar-refractivity contribution is -0.253. The molecule has 3 nitrogen and oxygen atoms in total. The van der Waals surface area contributed by atoms with Crippen LogP contribution in [0.15, 0.2) is 0 Å². The second kappa shape index (κ2) is 6.62. The zero-order chi connectivity index (χ0) is 14.6. The molecule has 6 heteroatoms. The summed E-state index contributed by atoms with van der Waals surface area (Å²) in [6.45, 7) is 2.41. The highest BCUT2D eigenvalue weighted by atomic mass is 19.4. The highest BCUT2D eigenvalue weighted by Crippen LogP contribution is 2.37. The summed E-state index contributed by atoms with van der Waals surface area (Å²) in [6, 6.07) is 0. The first kappa shape index (κ1) is 16.0. The van der Waals surface area contributed by atoms with Crippen molar-refractivity contribution in [1.82, 2.24) is 4.90 Å². The van der Waals surface area contributed by atoms with Gasteiger partial charge in [-0.25, -0.2) is 0 Å². The van der Waals surface area contributed by atoms with Gasteiger partial charge in [-0.05, 0) is 38.1 Å². The van der Waals surface area contributed by atoms with E-state index in [1.807, 2.05) is 0 Å². The average Bonchev–Trinajstić information content (AvgIpc) is 2.79. The SMILES string of the molecule is O[C@@]1(C(F)(F)F)CCN(CCCCC2CCOCC2)C1. The van der Waals surface area contributed by atoms with Crippen LogP contribution in [0.25, 0.3) is 0 Å². The predicted molar refractivity (Wildman–Crippen MR) is 69.5 cm³/mol. The average molecular weight is 295 g/mol. The van der Waals surface area contributed by atoms with Gasteiger partial charge in [-0.1, -0.05) is 12.8 Å². The Labute approximate surface area is 118 Å². The molecule has 0 unspecified atom stereocenters. The molecular formula is C14H24F3NO2. The van der Waals surface area contributed by atoms with Crippen LogP contribution < -0.4 is 0 Å². The Morgan fingerprint density at radius 3 is 2.50 bits per heavy atom. The molecule has 0 amide bonds. The molecule has 0 aromatic rings. The van der Waals surface area contributed by atoms with Gasteiger partial charge in [-0.2, -0.15) is 13.2 Å². The number of halogens is 3. The molecule has 2 aliphatic rings. The van der Waals surface area contributed by atoms with Gasteiger partial charge in [0.15, 0.2) is 5.60 Å². The van der Waals surface area contributed by atoms with Gasteiger partial charge >= 0.3 is 6.18 Å². The summed E-state index contributed by atoms with van der Waals surface area (Å²) in [6.07, 6.45) is 0.604. The molecule has 2 heterocycles. The van der Waals surface area contributed by atoms with Crippen molar-refractivity contribution < 1.29 is 23.0 Å². The lowest BCUT2D eigenvalue weighted by Gasteiger charge is -2.26. The normalized spacial score (nSPS) is 30.0. The number of nitrogens with zero attached hydrogens (tertiary/aromatic N) is 1. The Morgan fingerprint density at radius 1 is 1.20 bits per heavy atom. The second-order valence-electron chi connectivity index (χ2n) is 6.11. The summed E-state index contributed by atoms with van der Waals surface area (Å²) in [5, 5.41) is 9.58. The van der Waals surface area contributed by atoms with Crippen LogP contribution in [0.2, 0.25) is 0 Å². The van der Waals surface area contributed by atoms with Crippen molar-refractivity contribution in [3.05, 3.63) is 0 Å². The van der Waals surface area contributed by atoms with Crippen molar-refractivity contribution in [3.8, 4) is 0 Å². The predicted octanol–water partition coefficient (Wildman–Crippen LogP) is 2.58. The maximum atomic E-state index is 12.7. The van der Waals surface area contributed by atoms with Gasteiger partial charge in [0.1, 0.15) is 0 Å². The van der Waals surface area contributed by atoms with Gasteiger partial charge in [0.2, 0.25) is 0 Å². The number of rotatable bonds is 5. The minimum Gasteiger partial charge on any atom is -0.381 e. The third-order valence-corrected chi connectivity index (χ3v) is 4.53. The minimum atomic E-state index is -4.51. The van der Waals surface area contributed by atoms with Gasteiger partial charge in [0, 0.05) is 26.3 Å². The summed E-state index contributed by atoms with van der Waals surface area (Å²) >= 11 is 0. The molecule has 0 bridgehead atoms. The van der Waals surface area contributed by atoms with Crippen LogP contribution in [0, 0.1) is 5.92 Å². The zero-order valence-electron chi connectivity index (χ0n) is 11.8. The van der Waals surface area contributed by atoms with Crippen LogP contribution in [-0.2, 0) is 4.74 Å². The Morgan fingerprint density at radius 2 is 1.90 bits per heavy atom. The first-order chi connectivity index (χ1) is 9.41. The molecule has 0 radical (unpaired) electrons. The van der Waals surface area contributed by atoms with Gasteiger partial charge in [0.25, 0.3) is 0 Å². The number of alkyl halides is 3. The minimum absolute atomic E-state index is 0.198. The molecule has 2 rings (SSSR count). The van der Waals surface area contributed by atoms with Crippen LogP contribution in [0.4, 0.5) is 13.2 Å². The van der Waals surface area contributed by atoms with Gasteiger partial charge < -0.3 is 14.7 Å². The van der Waals surface area contributed by atoms with Crippen molar-refractivity contribution >= 4 is 0 Å². The molecule has 2 aliphatic heterocycles. The second-order valence-corrected chi connectivity index (χ2v) is 6.11. The largest absolute Gasteiger partial charge is 0.418 e. The lowest BCUT2D eigenvalue weighted by Crippen LogP contribution is -2.47. The van der Waals surface area contributed by atoms with E-state index in [9.17, 15) is 18.3 Å². The molecule has 0 aromatic heterocycles. The Kier molecular flexibility index (Phi) is 5.31. The number of unbranched alkanes of at least 4 members (excludes halogenated alkanes) is 1. The highest BCUT2D eigenvalue weighted by Gasteiger charge is 2.56. The van der Waals surface area contributed by atoms with E-state index in [0.717, 1.165) is 51.2 Å². The number of aliphatic hydroxyl groups is 1. The monoisotopic (exact) mass is 295 g/mol. The third kappa shape index (κ3) is 4.09. The van der Waals surface area contributed by atoms with E-state index in [2.05, 4.69) is 0 Å². The van der Waals surface area contributed by atoms with E-state index >= 15 is 0 Å². The summed E-state index contributed by atoms with van der Waals surface area (Å²) in [7, 11) is 0. The summed E-state index contributed by atoms with van der Waals surface area (Å²) in [4.78, 5) is 1.73. The summed E-state index contributed by atoms with van der Waals surface area (Å²) in [5.74, 6) is 0.717. The van der Waals surface area contributed by atoms with E-state index in [1.54, 1.807) is 4.90 Å². The highest BCUT2D eigenvalue weighted by molar-refractivity contribution is 4.95. The first-order valence-electron chi connectivity index (χ1n) is 7.50. The van der Waals surface area contributed by atoms with Crippen molar-refractivity contribution in [2.24, 2.45) is 5.92 Å². The molecule has 0 aliphatic carbocycles. The first-order valence-corrected chi connectivity index (χ1v) is 7.50. The summed E-state index contributed by atoms with van der Waals surface area (Å²) < 4.78 is 43.3. The molecule has 1 atom stereocenters. The van der Waals surface area contributed by atoms with E-state index in [4.69, 9.17) is 4.74 Å². The Bertz CT molecular complexity index is 305. The maximum Gasteiger partial charge on any atom is 0.418 e. The molecule has 20 heavy (non-hydrogen) atoms. The van der Waals surface area contributed by atoms with Crippen LogP contribution >= 0.6 is 0 Å². The molecule has 2 fully saturated rings. The van der Waals surface area contributed by atoms with Crippen molar-refractivity contribution in [2.45, 2.75) is 50.3 Å². The molecule has 0 aromatic carbocycles. The van der Waals surface area contributed by atoms with Crippen LogP contribution in [0.1, 0.15) is 38.5 Å². The summed E-state index contributed by atoms with van der Waals surface area (Å²) in [5.41, 5.74) is -2.49. The standard InChI is InChI=1S/C14H24F3NO2/c15-14(16,17)13(19)6-8-18(11-13)7-2-1-3-12-4-9-20-10-5-12/h12,19H,1-11H2/t13-/m0/s1. The molecular weight excluding hydrogens is 271 g/mol. The maximum absolute atomic E-state index is 12.7. The van der Waals surface area contributed by atoms with Crippen LogP contribution in [0.5, 0.6) is 0 Å². The number of β-amino-alcohol motifs (C(OH)–C–C–N with tert-alkyl or cyclic N) is 1. The molecule has 1 N–H and O–H groups in total. The van der Waals surface area contributed by atoms with E-state index in [-0.39, 0.29) is 13.0 Å². The number of hydrogen-bond acceptors (Lipinski definition) is 3. The third-order valence-electron chi connectivity index (χ3n) is 4.53. The fourth-order valence-corrected chi connectivity index (χ4v) is 3.10. The zero-order valence-corrected chi connectivity index (χ0v) is 11.8. The van der Waals surface area contributed by atoms with E-state index < -0.39 is 11.8 Å². The van der Waals surface area contributed by atoms with Crippen LogP contribution in [0.3, 0.4) is 0 Å². The number of ether oxygens (including phenoxy) is 1. The van der Waals surface area contributed by atoms with E-state index in [1.165, 1.54) is 0 Å². The fraction of sp³-hybridized carbons (Fsp3) is 1.00. The molecule has 0 saturated carbocycles. The van der Waals surface area contributed by atoms with Crippen molar-refractivity contribution in [3.63, 3.8) is 0 Å². The van der Waals surface area contributed by atoms with Crippen molar-refractivity contribution in [1.29, 1.82) is 0 Å². The molecule has 0 spiro atoms. The van der Waals surface area contributed by atoms with E-state index in [0.29, 0.717) is 13.1 Å². The topological polar surface area (TPSA) is 32.7 Å².